The zero-order chi connectivity index (χ0) is 28.3. The topological polar surface area (TPSA) is 87.0 Å². The Hall–Kier alpha value is -2.69. The molecule has 1 heterocycles. The Balaban J connectivity index is 1.51. The molecule has 216 valence electrons. The van der Waals surface area contributed by atoms with Crippen molar-refractivity contribution in [3.8, 4) is 17.2 Å². The first-order valence-corrected chi connectivity index (χ1v) is 15.2. The van der Waals surface area contributed by atoms with E-state index in [0.717, 1.165) is 93.9 Å². The molecule has 2 aromatic carbocycles. The van der Waals surface area contributed by atoms with Gasteiger partial charge in [-0.1, -0.05) is 103 Å². The van der Waals surface area contributed by atoms with Gasteiger partial charge in [0.2, 0.25) is 0 Å². The summed E-state index contributed by atoms with van der Waals surface area (Å²) in [5, 5.41) is 29.8. The summed E-state index contributed by atoms with van der Waals surface area (Å²) in [6, 6.07) is 12.9. The van der Waals surface area contributed by atoms with Crippen molar-refractivity contribution in [2.45, 2.75) is 122 Å². The van der Waals surface area contributed by atoms with Gasteiger partial charge < -0.3 is 20.1 Å². The van der Waals surface area contributed by atoms with E-state index in [1.165, 1.54) is 12.8 Å². The Labute approximate surface area is 235 Å². The molecule has 0 aliphatic carbocycles. The predicted octanol–water partition coefficient (Wildman–Crippen LogP) is 9.10. The molecule has 3 rings (SSSR count). The van der Waals surface area contributed by atoms with Gasteiger partial charge in [-0.15, -0.1) is 0 Å². The number of fused-ring (bicyclic) bond motifs is 1. The molecular weight excluding hydrogens is 488 g/mol. The van der Waals surface area contributed by atoms with E-state index in [2.05, 4.69) is 13.8 Å². The molecule has 3 N–H and O–H groups in total. The van der Waals surface area contributed by atoms with Crippen LogP contribution in [0, 0.1) is 5.41 Å². The summed E-state index contributed by atoms with van der Waals surface area (Å²) >= 11 is 0. The number of phenolic OH excluding ortho intramolecular Hbond substituents is 2. The zero-order valence-corrected chi connectivity index (χ0v) is 24.4. The van der Waals surface area contributed by atoms with E-state index in [9.17, 15) is 20.1 Å². The van der Waals surface area contributed by atoms with Gasteiger partial charge in [-0.3, -0.25) is 4.79 Å². The lowest BCUT2D eigenvalue weighted by Gasteiger charge is -2.43. The maximum atomic E-state index is 12.1. The number of phenols is 2. The number of carboxylic acids is 1. The summed E-state index contributed by atoms with van der Waals surface area (Å²) in [5.41, 5.74) is 1.52. The Morgan fingerprint density at radius 2 is 1.46 bits per heavy atom. The van der Waals surface area contributed by atoms with Gasteiger partial charge in [0, 0.05) is 17.4 Å². The van der Waals surface area contributed by atoms with Gasteiger partial charge in [0.1, 0.15) is 17.2 Å². The maximum Gasteiger partial charge on any atom is 0.309 e. The molecule has 0 aromatic heterocycles. The Bertz CT molecular complexity index is 1030. The third-order valence-electron chi connectivity index (χ3n) is 9.23. The highest BCUT2D eigenvalue weighted by Gasteiger charge is 2.42. The predicted molar refractivity (Wildman–Crippen MR) is 158 cm³/mol. The second kappa shape index (κ2) is 14.6. The molecule has 1 aliphatic heterocycles. The minimum absolute atomic E-state index is 0.219. The molecule has 2 aromatic rings. The van der Waals surface area contributed by atoms with Crippen molar-refractivity contribution in [2.24, 2.45) is 5.41 Å². The van der Waals surface area contributed by atoms with Crippen molar-refractivity contribution >= 4 is 5.97 Å². The molecule has 0 amide bonds. The molecule has 5 heteroatoms. The molecule has 0 saturated carbocycles. The average Bonchev–Trinajstić information content (AvgIpc) is 2.92. The Kier molecular flexibility index (Phi) is 11.6. The number of unbranched alkanes of at least 4 members (excludes halogenated alkanes) is 8. The van der Waals surface area contributed by atoms with Crippen LogP contribution in [0.3, 0.4) is 0 Å². The minimum Gasteiger partial charge on any atom is -0.508 e. The van der Waals surface area contributed by atoms with Crippen molar-refractivity contribution in [3.63, 3.8) is 0 Å². The van der Waals surface area contributed by atoms with Crippen LogP contribution in [0.2, 0.25) is 0 Å². The van der Waals surface area contributed by atoms with Gasteiger partial charge in [0.15, 0.2) is 0 Å². The van der Waals surface area contributed by atoms with E-state index in [-0.39, 0.29) is 22.8 Å². The van der Waals surface area contributed by atoms with Crippen LogP contribution >= 0.6 is 0 Å². The zero-order valence-electron chi connectivity index (χ0n) is 24.4. The van der Waals surface area contributed by atoms with Crippen LogP contribution in [0.25, 0.3) is 0 Å². The van der Waals surface area contributed by atoms with Gasteiger partial charge >= 0.3 is 5.97 Å². The molecule has 0 spiro atoms. The number of hydrogen-bond donors (Lipinski definition) is 3. The minimum atomic E-state index is -0.608. The smallest absolute Gasteiger partial charge is 0.309 e. The van der Waals surface area contributed by atoms with E-state index in [4.69, 9.17) is 4.74 Å². The molecule has 0 saturated heterocycles. The van der Waals surface area contributed by atoms with Gasteiger partial charge in [-0.25, -0.2) is 0 Å². The number of carboxylic acid groups (broad SMARTS) is 1. The molecule has 1 unspecified atom stereocenters. The standard InChI is InChI=1S/C34H50O5/c1-4-6-7-13-22-34(5-2,32(37)38)23-14-11-9-8-10-12-15-30-29-21-20-28(36)24-31(29)39-25-33(30,3)26-16-18-27(35)19-17-26/h16-21,24,30,35-36H,4-15,22-23,25H2,1-3H3,(H,37,38)/t30-,33-,34?/m1/s1. The fourth-order valence-electron chi connectivity index (χ4n) is 6.46. The van der Waals surface area contributed by atoms with Crippen LogP contribution in [-0.2, 0) is 10.2 Å². The molecule has 0 bridgehead atoms. The van der Waals surface area contributed by atoms with Gasteiger partial charge in [0.25, 0.3) is 0 Å². The summed E-state index contributed by atoms with van der Waals surface area (Å²) in [5.74, 6) is 0.889. The number of benzene rings is 2. The SMILES string of the molecule is CCCCCCC(CC)(CCCCCCCC[C@@H]1c2ccc(O)cc2OC[C@]1(C)c1ccc(O)cc1)C(=O)O. The van der Waals surface area contributed by atoms with E-state index in [1.54, 1.807) is 24.3 Å². The highest BCUT2D eigenvalue weighted by molar-refractivity contribution is 5.74. The van der Waals surface area contributed by atoms with Crippen LogP contribution in [-0.4, -0.2) is 27.9 Å². The molecule has 3 atom stereocenters. The van der Waals surface area contributed by atoms with Crippen molar-refractivity contribution in [1.29, 1.82) is 0 Å². The molecule has 39 heavy (non-hydrogen) atoms. The highest BCUT2D eigenvalue weighted by atomic mass is 16.5. The second-order valence-corrected chi connectivity index (χ2v) is 11.9. The first-order chi connectivity index (χ1) is 18.8. The van der Waals surface area contributed by atoms with Crippen LogP contribution < -0.4 is 4.74 Å². The fourth-order valence-corrected chi connectivity index (χ4v) is 6.46. The highest BCUT2D eigenvalue weighted by Crippen LogP contribution is 2.49. The largest absolute Gasteiger partial charge is 0.508 e. The molecule has 5 nitrogen and oxygen atoms in total. The molecular formula is C34H50O5. The van der Waals surface area contributed by atoms with E-state index >= 15 is 0 Å². The summed E-state index contributed by atoms with van der Waals surface area (Å²) in [4.78, 5) is 12.1. The lowest BCUT2D eigenvalue weighted by Crippen LogP contribution is -2.40. The normalized spacial score (nSPS) is 20.1. The lowest BCUT2D eigenvalue weighted by molar-refractivity contribution is -0.150. The third kappa shape index (κ3) is 7.93. The lowest BCUT2D eigenvalue weighted by atomic mass is 9.66. The summed E-state index contributed by atoms with van der Waals surface area (Å²) in [6.45, 7) is 6.99. The third-order valence-corrected chi connectivity index (χ3v) is 9.23. The maximum absolute atomic E-state index is 12.1. The number of aliphatic carboxylic acids is 1. The molecule has 0 fully saturated rings. The fraction of sp³-hybridized carbons (Fsp3) is 0.618. The number of ether oxygens (including phenoxy) is 1. The number of hydrogen-bond acceptors (Lipinski definition) is 4. The quantitative estimate of drug-likeness (QED) is 0.175. The molecule has 0 radical (unpaired) electrons. The van der Waals surface area contributed by atoms with Crippen LogP contribution in [0.5, 0.6) is 17.2 Å². The van der Waals surface area contributed by atoms with Gasteiger partial charge in [-0.2, -0.15) is 0 Å². The second-order valence-electron chi connectivity index (χ2n) is 11.9. The average molecular weight is 539 g/mol. The van der Waals surface area contributed by atoms with Crippen molar-refractivity contribution in [3.05, 3.63) is 53.6 Å². The molecule has 1 aliphatic rings. The van der Waals surface area contributed by atoms with Crippen molar-refractivity contribution in [1.82, 2.24) is 0 Å². The first kappa shape index (κ1) is 30.8. The first-order valence-electron chi connectivity index (χ1n) is 15.2. The monoisotopic (exact) mass is 538 g/mol. The summed E-state index contributed by atoms with van der Waals surface area (Å²) in [6.07, 6.45) is 14.5. The summed E-state index contributed by atoms with van der Waals surface area (Å²) < 4.78 is 6.13. The van der Waals surface area contributed by atoms with Gasteiger partial charge in [-0.05, 0) is 55.0 Å². The van der Waals surface area contributed by atoms with Gasteiger partial charge in [0.05, 0.1) is 12.0 Å². The van der Waals surface area contributed by atoms with Crippen LogP contribution in [0.1, 0.15) is 128 Å². The number of rotatable bonds is 17. The number of aromatic hydroxyl groups is 2. The van der Waals surface area contributed by atoms with Crippen molar-refractivity contribution in [2.75, 3.05) is 6.61 Å². The number of carbonyl (C=O) groups is 1. The Morgan fingerprint density at radius 3 is 2.08 bits per heavy atom. The van der Waals surface area contributed by atoms with E-state index < -0.39 is 11.4 Å². The van der Waals surface area contributed by atoms with Crippen molar-refractivity contribution < 1.29 is 24.9 Å². The summed E-state index contributed by atoms with van der Waals surface area (Å²) in [7, 11) is 0. The van der Waals surface area contributed by atoms with E-state index in [1.807, 2.05) is 25.1 Å². The Morgan fingerprint density at radius 1 is 0.872 bits per heavy atom. The van der Waals surface area contributed by atoms with Crippen LogP contribution in [0.15, 0.2) is 42.5 Å². The van der Waals surface area contributed by atoms with Crippen LogP contribution in [0.4, 0.5) is 0 Å². The van der Waals surface area contributed by atoms with E-state index in [0.29, 0.717) is 6.61 Å².